The molecule has 0 saturated heterocycles. The second-order valence-electron chi connectivity index (χ2n) is 35.9. The zero-order chi connectivity index (χ0) is 94.7. The van der Waals surface area contributed by atoms with Crippen molar-refractivity contribution in [3.8, 4) is 111 Å². The van der Waals surface area contributed by atoms with Gasteiger partial charge < -0.3 is 25.7 Å². The number of aryl methyl sites for hydroxylation is 14. The van der Waals surface area contributed by atoms with Gasteiger partial charge in [-0.15, -0.1) is 4.33 Å². The van der Waals surface area contributed by atoms with Crippen molar-refractivity contribution in [2.75, 3.05) is 5.73 Å². The van der Waals surface area contributed by atoms with Crippen LogP contribution in [0.15, 0.2) is 155 Å². The smallest absolute Gasteiger partial charge is 0.295 e. The van der Waals surface area contributed by atoms with Crippen LogP contribution < -0.4 is 5.73 Å². The summed E-state index contributed by atoms with van der Waals surface area (Å²) < 4.78 is 126. The van der Waals surface area contributed by atoms with Crippen molar-refractivity contribution in [2.24, 2.45) is 0 Å². The van der Waals surface area contributed by atoms with Crippen LogP contribution in [-0.4, -0.2) is 58.1 Å². The quantitative estimate of drug-likeness (QED) is 0.00787. The normalized spacial score (nSPS) is 12.4. The largest absolute Gasteiger partial charge is 0.399 e. The number of hydrogen-bond donors (Lipinski definition) is 7. The van der Waals surface area contributed by atoms with Crippen LogP contribution in [-0.2, 0) is 19.5 Å². The first kappa shape index (κ1) is 89.0. The number of aromatic amines is 4. The third kappa shape index (κ3) is 15.1. The van der Waals surface area contributed by atoms with E-state index in [0.717, 1.165) is 184 Å². The molecule has 19 rings (SSSR count). The van der Waals surface area contributed by atoms with Crippen molar-refractivity contribution in [2.45, 2.75) is 134 Å². The van der Waals surface area contributed by atoms with E-state index in [1.165, 1.54) is 18.2 Å². The average Bonchev–Trinajstić information content (AvgIpc) is 1.67. The molecule has 0 atom stereocenters. The maximum atomic E-state index is 16.7. The van der Waals surface area contributed by atoms with E-state index >= 15 is 22.0 Å². The predicted molar refractivity (Wildman–Crippen MR) is 536 cm³/mol. The molecular formula is C112H94F5N9O6S2. The Morgan fingerprint density at radius 1 is 0.291 bits per heavy atom. The van der Waals surface area contributed by atoms with Gasteiger partial charge in [-0.05, 0) is 391 Å². The zero-order valence-electron chi connectivity index (χ0n) is 77.1. The lowest BCUT2D eigenvalue weighted by Crippen LogP contribution is -2.05. The summed E-state index contributed by atoms with van der Waals surface area (Å²) in [5.74, 6) is -10.6. The second-order valence-corrected chi connectivity index (χ2v) is 38.0. The molecule has 10 heterocycles. The summed E-state index contributed by atoms with van der Waals surface area (Å²) in [7, 11) is -5.13. The van der Waals surface area contributed by atoms with Gasteiger partial charge in [0.2, 0.25) is 5.82 Å². The first-order valence-electron chi connectivity index (χ1n) is 44.0. The van der Waals surface area contributed by atoms with Crippen molar-refractivity contribution < 1.29 is 49.6 Å². The summed E-state index contributed by atoms with van der Waals surface area (Å²) in [6, 6.07) is 46.5. The van der Waals surface area contributed by atoms with Gasteiger partial charge >= 0.3 is 0 Å². The highest BCUT2D eigenvalue weighted by Gasteiger charge is 2.34. The number of nitrogens with one attached hydrogen (secondary N) is 4. The van der Waals surface area contributed by atoms with Crippen LogP contribution in [0.4, 0.5) is 27.6 Å². The third-order valence-corrected chi connectivity index (χ3v) is 28.5. The van der Waals surface area contributed by atoms with E-state index in [4.69, 9.17) is 30.0 Å². The predicted octanol–water partition coefficient (Wildman–Crippen LogP) is 29.8. The molecule has 4 aliphatic rings. The van der Waals surface area contributed by atoms with E-state index in [0.29, 0.717) is 112 Å². The molecule has 9 aromatic carbocycles. The molecule has 0 unspecified atom stereocenters. The molecule has 0 spiro atoms. The summed E-state index contributed by atoms with van der Waals surface area (Å²) in [5.41, 5.74) is 43.8. The first-order chi connectivity index (χ1) is 63.9. The minimum atomic E-state index is -5.13. The topological polar surface area (TPSA) is 234 Å². The number of nitrogen functional groups attached to an aromatic ring is 1. The van der Waals surface area contributed by atoms with Crippen molar-refractivity contribution in [1.82, 2.24) is 39.9 Å². The van der Waals surface area contributed by atoms with E-state index in [9.17, 15) is 18.2 Å². The maximum absolute atomic E-state index is 16.7. The lowest BCUT2D eigenvalue weighted by atomic mass is 9.89. The van der Waals surface area contributed by atoms with Crippen LogP contribution in [0.2, 0.25) is 0 Å². The van der Waals surface area contributed by atoms with Gasteiger partial charge in [0.25, 0.3) is 10.1 Å². The molecule has 6 aromatic heterocycles. The Labute approximate surface area is 776 Å². The number of aromatic nitrogens is 8. The Balaban J connectivity index is 0.825. The van der Waals surface area contributed by atoms with Gasteiger partial charge in [-0.3, -0.25) is 4.55 Å². The molecule has 15 aromatic rings. The molecule has 0 aliphatic carbocycles. The van der Waals surface area contributed by atoms with Crippen molar-refractivity contribution >= 4 is 121 Å². The van der Waals surface area contributed by atoms with Gasteiger partial charge in [0.15, 0.2) is 23.3 Å². The number of benzene rings is 9. The fraction of sp³-hybridized carbons (Fsp3) is 0.161. The SMILES string of the molecule is Cc1cc(C)c(-c2c3nc(c(-c4c(F)c(F)c(F)c(F)c4F)c4ccc([nH]4)c(-c4c(C)cc(C)cc4C)c4nc(c(-c5c(C)cc(-c6cc(SOOO)c(-c7cc(C)c(-c8c9nc(c(-c%10c(C)c(C)cc(C)c%10C)c%10ccc([nH]%10)c(-c%10ccc(N)cc%10)c%10nc(c(-c%11c(C)c(C)cc(C)c%11C)c%11ccc8[nH]%11)C=C%10)C=C9)c(C)c7)cc6S(=O)(=O)O)cc5C)c5ccc2[nH]5)C=C4)C=C3)c(C)c1. The van der Waals surface area contributed by atoms with Crippen LogP contribution in [0, 0.1) is 154 Å². The molecule has 16 bridgehead atoms. The number of nitrogens with zero attached hydrogens (tertiary/aromatic N) is 4. The van der Waals surface area contributed by atoms with Gasteiger partial charge in [0, 0.05) is 105 Å². The number of fused-ring (bicyclic) bond motifs is 16. The monoisotopic (exact) mass is 1820 g/mol. The number of hydrogen-bond acceptors (Lipinski definition) is 11. The molecule has 15 nitrogen and oxygen atoms in total. The van der Waals surface area contributed by atoms with E-state index in [1.807, 2.05) is 166 Å². The van der Waals surface area contributed by atoms with Gasteiger partial charge in [-0.1, -0.05) is 89.0 Å². The molecule has 0 radical (unpaired) electrons. The summed E-state index contributed by atoms with van der Waals surface area (Å²) in [5, 5.41) is 14.4. The minimum absolute atomic E-state index is 0.00983. The minimum Gasteiger partial charge on any atom is -0.399 e. The summed E-state index contributed by atoms with van der Waals surface area (Å²) in [6.07, 6.45) is 15.3. The maximum Gasteiger partial charge on any atom is 0.295 e. The molecule has 22 heteroatoms. The third-order valence-electron chi connectivity index (χ3n) is 27.0. The Hall–Kier alpha value is -14.2. The lowest BCUT2D eigenvalue weighted by molar-refractivity contribution is -0.432. The standard InChI is InChI=1S/C112H94F5N9O6S2/c1-51-39-57(7)93(58(8)40-51)100-77-27-29-81(121-77)102(82-30-28-78(122-82)101(94-59(9)41-52(2)42-60(94)10)80-34-38-90(126-80)106(89-37-33-79(100)125-89)107-108(113)110(115)112(117)111(116)109(107)114)96-63(13)47-71(48-64(96)14)74-49-91(133-132-131-127)73(50-92(74)134(128,129)130)70-45-61(11)95(62(12)46-70)103-83-31-35-87(123-83)104(97-65(15)53(3)43-54(4)66(97)16)85-25-23-75(119-85)99(69-19-21-72(118)22-20-69)76-24-26-86(120-76)105(88-36-32-84(103)124-88)98-67(17)55(5)44-56(6)68(98)18/h19-50,119,121,124,126-127H,118H2,1-18H3,(H,128,129,130). The Bertz CT molecular complexity index is 8080. The highest BCUT2D eigenvalue weighted by Crippen LogP contribution is 2.51. The number of rotatable bonds is 14. The van der Waals surface area contributed by atoms with Crippen molar-refractivity contribution in [3.05, 3.63) is 320 Å². The fourth-order valence-corrected chi connectivity index (χ4v) is 22.0. The highest BCUT2D eigenvalue weighted by atomic mass is 32.2. The summed E-state index contributed by atoms with van der Waals surface area (Å²) >= 11 is 0.641. The zero-order valence-corrected chi connectivity index (χ0v) is 78.7. The van der Waals surface area contributed by atoms with Crippen LogP contribution in [0.5, 0.6) is 0 Å². The summed E-state index contributed by atoms with van der Waals surface area (Å²) in [6.45, 7) is 36.8. The number of anilines is 1. The summed E-state index contributed by atoms with van der Waals surface area (Å²) in [4.78, 5) is 37.0. The van der Waals surface area contributed by atoms with Gasteiger partial charge in [0.1, 0.15) is 4.90 Å². The molecule has 0 fully saturated rings. The molecule has 0 saturated carbocycles. The molecule has 670 valence electrons. The fourth-order valence-electron chi connectivity index (χ4n) is 20.7. The second kappa shape index (κ2) is 33.8. The average molecular weight is 1820 g/mol. The number of halogens is 5. The Morgan fingerprint density at radius 2 is 0.552 bits per heavy atom. The van der Waals surface area contributed by atoms with Crippen LogP contribution in [0.1, 0.15) is 146 Å². The van der Waals surface area contributed by atoms with Crippen LogP contribution in [0.25, 0.3) is 204 Å². The van der Waals surface area contributed by atoms with E-state index in [2.05, 4.69) is 141 Å². The lowest BCUT2D eigenvalue weighted by Gasteiger charge is -2.19. The molecular weight excluding hydrogens is 1730 g/mol. The van der Waals surface area contributed by atoms with Gasteiger partial charge in [-0.25, -0.2) is 47.1 Å². The van der Waals surface area contributed by atoms with E-state index in [1.54, 1.807) is 18.2 Å². The van der Waals surface area contributed by atoms with E-state index in [-0.39, 0.29) is 22.3 Å². The first-order valence-corrected chi connectivity index (χ1v) is 46.2. The molecule has 4 aliphatic heterocycles. The molecule has 8 N–H and O–H groups in total. The molecule has 0 amide bonds. The Morgan fingerprint density at radius 3 is 0.851 bits per heavy atom. The van der Waals surface area contributed by atoms with Crippen molar-refractivity contribution in [3.63, 3.8) is 0 Å². The highest BCUT2D eigenvalue weighted by molar-refractivity contribution is 7.94. The van der Waals surface area contributed by atoms with E-state index < -0.39 is 49.7 Å². The van der Waals surface area contributed by atoms with Gasteiger partial charge in [0.05, 0.1) is 63.2 Å². The number of H-pyrrole nitrogens is 4. The number of nitrogens with two attached hydrogens (primary N) is 1. The van der Waals surface area contributed by atoms with Crippen LogP contribution in [0.3, 0.4) is 0 Å². The Kier molecular flexibility index (Phi) is 22.5. The van der Waals surface area contributed by atoms with Crippen molar-refractivity contribution in [1.29, 1.82) is 0 Å². The van der Waals surface area contributed by atoms with Gasteiger partial charge in [-0.2, -0.15) is 8.42 Å². The van der Waals surface area contributed by atoms with Crippen LogP contribution >= 0.6 is 12.0 Å². The molecule has 134 heavy (non-hydrogen) atoms.